The normalized spacial score (nSPS) is 21.0. The van der Waals surface area contributed by atoms with Crippen molar-refractivity contribution in [3.63, 3.8) is 0 Å². The number of nitrogens with one attached hydrogen (secondary N) is 1. The fourth-order valence-corrected chi connectivity index (χ4v) is 1.49. The molecule has 0 aromatic heterocycles. The summed E-state index contributed by atoms with van der Waals surface area (Å²) in [6, 6.07) is 0. The standard InChI is InChI=1S/C9H20N2O3/c12-4-1-10-7-9(13)8-11-2-5-14-6-3-11/h9-10,12-13H,1-8H2. The van der Waals surface area contributed by atoms with E-state index in [9.17, 15) is 5.11 Å². The maximum Gasteiger partial charge on any atom is 0.0791 e. The van der Waals surface area contributed by atoms with E-state index in [0.717, 1.165) is 26.3 Å². The first kappa shape index (κ1) is 11.9. The summed E-state index contributed by atoms with van der Waals surface area (Å²) < 4.78 is 5.21. The van der Waals surface area contributed by atoms with Crippen LogP contribution in [0.15, 0.2) is 0 Å². The quantitative estimate of drug-likeness (QED) is 0.448. The molecular weight excluding hydrogens is 184 g/mol. The van der Waals surface area contributed by atoms with Crippen LogP contribution in [0, 0.1) is 0 Å². The number of rotatable bonds is 6. The highest BCUT2D eigenvalue weighted by Crippen LogP contribution is 1.97. The Morgan fingerprint density at radius 1 is 1.36 bits per heavy atom. The zero-order valence-electron chi connectivity index (χ0n) is 8.48. The van der Waals surface area contributed by atoms with E-state index < -0.39 is 0 Å². The van der Waals surface area contributed by atoms with E-state index in [0.29, 0.717) is 19.6 Å². The molecule has 0 aromatic carbocycles. The van der Waals surface area contributed by atoms with Crippen molar-refractivity contribution in [2.24, 2.45) is 0 Å². The average molecular weight is 204 g/mol. The van der Waals surface area contributed by atoms with E-state index in [1.165, 1.54) is 0 Å². The van der Waals surface area contributed by atoms with Gasteiger partial charge in [0, 0.05) is 32.7 Å². The number of hydrogen-bond donors (Lipinski definition) is 3. The molecule has 5 nitrogen and oxygen atoms in total. The number of ether oxygens (including phenoxy) is 1. The first-order valence-corrected chi connectivity index (χ1v) is 5.12. The predicted molar refractivity (Wildman–Crippen MR) is 53.2 cm³/mol. The molecular formula is C9H20N2O3. The number of morpholine rings is 1. The van der Waals surface area contributed by atoms with Crippen molar-refractivity contribution >= 4 is 0 Å². The first-order chi connectivity index (χ1) is 6.83. The van der Waals surface area contributed by atoms with E-state index in [1.807, 2.05) is 0 Å². The molecule has 0 radical (unpaired) electrons. The van der Waals surface area contributed by atoms with E-state index in [2.05, 4.69) is 10.2 Å². The Hall–Kier alpha value is -0.200. The van der Waals surface area contributed by atoms with Crippen LogP contribution in [0.3, 0.4) is 0 Å². The molecule has 1 saturated heterocycles. The van der Waals surface area contributed by atoms with Gasteiger partial charge in [0.1, 0.15) is 0 Å². The molecule has 84 valence electrons. The summed E-state index contributed by atoms with van der Waals surface area (Å²) in [7, 11) is 0. The van der Waals surface area contributed by atoms with Crippen LogP contribution >= 0.6 is 0 Å². The van der Waals surface area contributed by atoms with Gasteiger partial charge >= 0.3 is 0 Å². The highest BCUT2D eigenvalue weighted by Gasteiger charge is 2.14. The van der Waals surface area contributed by atoms with Gasteiger partial charge in [-0.3, -0.25) is 4.90 Å². The maximum atomic E-state index is 9.60. The van der Waals surface area contributed by atoms with E-state index >= 15 is 0 Å². The van der Waals surface area contributed by atoms with Crippen LogP contribution in [-0.4, -0.2) is 73.8 Å². The van der Waals surface area contributed by atoms with Crippen molar-refractivity contribution < 1.29 is 14.9 Å². The molecule has 1 unspecified atom stereocenters. The Balaban J connectivity index is 2.03. The molecule has 5 heteroatoms. The zero-order valence-corrected chi connectivity index (χ0v) is 8.48. The second-order valence-corrected chi connectivity index (χ2v) is 3.49. The topological polar surface area (TPSA) is 65.0 Å². The lowest BCUT2D eigenvalue weighted by Crippen LogP contribution is -2.44. The molecule has 1 heterocycles. The molecule has 0 aliphatic carbocycles. The van der Waals surface area contributed by atoms with E-state index in [-0.39, 0.29) is 12.7 Å². The third-order valence-electron chi connectivity index (χ3n) is 2.24. The second kappa shape index (κ2) is 7.14. The van der Waals surface area contributed by atoms with Gasteiger partial charge in [0.25, 0.3) is 0 Å². The average Bonchev–Trinajstić information content (AvgIpc) is 2.20. The van der Waals surface area contributed by atoms with Crippen LogP contribution in [-0.2, 0) is 4.74 Å². The third-order valence-corrected chi connectivity index (χ3v) is 2.24. The molecule has 0 aromatic rings. The third kappa shape index (κ3) is 4.88. The van der Waals surface area contributed by atoms with Gasteiger partial charge in [-0.05, 0) is 0 Å². The van der Waals surface area contributed by atoms with E-state index in [1.54, 1.807) is 0 Å². The number of aliphatic hydroxyl groups excluding tert-OH is 2. The highest BCUT2D eigenvalue weighted by molar-refractivity contribution is 4.68. The van der Waals surface area contributed by atoms with Gasteiger partial charge in [0.15, 0.2) is 0 Å². The Morgan fingerprint density at radius 2 is 2.07 bits per heavy atom. The fraction of sp³-hybridized carbons (Fsp3) is 1.00. The van der Waals surface area contributed by atoms with Crippen molar-refractivity contribution in [2.45, 2.75) is 6.10 Å². The summed E-state index contributed by atoms with van der Waals surface area (Å²) in [6.45, 7) is 5.20. The minimum Gasteiger partial charge on any atom is -0.395 e. The number of hydrogen-bond acceptors (Lipinski definition) is 5. The lowest BCUT2D eigenvalue weighted by atomic mass is 10.3. The summed E-state index contributed by atoms with van der Waals surface area (Å²) in [5, 5.41) is 21.1. The zero-order chi connectivity index (χ0) is 10.2. The Bertz CT molecular complexity index is 140. The molecule has 0 spiro atoms. The van der Waals surface area contributed by atoms with Gasteiger partial charge in [-0.1, -0.05) is 0 Å². The molecule has 0 bridgehead atoms. The Labute approximate surface area is 84.7 Å². The van der Waals surface area contributed by atoms with Crippen molar-refractivity contribution in [2.75, 3.05) is 52.5 Å². The predicted octanol–water partition coefficient (Wildman–Crippen LogP) is -1.74. The minimum absolute atomic E-state index is 0.115. The minimum atomic E-state index is -0.361. The number of nitrogens with zero attached hydrogens (tertiary/aromatic N) is 1. The van der Waals surface area contributed by atoms with Crippen molar-refractivity contribution in [1.29, 1.82) is 0 Å². The van der Waals surface area contributed by atoms with Crippen molar-refractivity contribution in [3.05, 3.63) is 0 Å². The molecule has 1 atom stereocenters. The van der Waals surface area contributed by atoms with Crippen LogP contribution in [0.5, 0.6) is 0 Å². The summed E-state index contributed by atoms with van der Waals surface area (Å²) in [4.78, 5) is 2.19. The molecule has 1 aliphatic heterocycles. The fourth-order valence-electron chi connectivity index (χ4n) is 1.49. The maximum absolute atomic E-state index is 9.60. The lowest BCUT2D eigenvalue weighted by molar-refractivity contribution is 0.0148. The molecule has 3 N–H and O–H groups in total. The Morgan fingerprint density at radius 3 is 2.71 bits per heavy atom. The van der Waals surface area contributed by atoms with Gasteiger partial charge < -0.3 is 20.3 Å². The second-order valence-electron chi connectivity index (χ2n) is 3.49. The highest BCUT2D eigenvalue weighted by atomic mass is 16.5. The largest absolute Gasteiger partial charge is 0.395 e. The van der Waals surface area contributed by atoms with Gasteiger partial charge in [0.2, 0.25) is 0 Å². The SMILES string of the molecule is OCCNCC(O)CN1CCOCC1. The summed E-state index contributed by atoms with van der Waals surface area (Å²) in [6.07, 6.45) is -0.361. The summed E-state index contributed by atoms with van der Waals surface area (Å²) in [5.74, 6) is 0. The first-order valence-electron chi connectivity index (χ1n) is 5.12. The van der Waals surface area contributed by atoms with Crippen LogP contribution in [0.25, 0.3) is 0 Å². The van der Waals surface area contributed by atoms with Crippen LogP contribution in [0.1, 0.15) is 0 Å². The molecule has 1 aliphatic rings. The number of aliphatic hydroxyl groups is 2. The van der Waals surface area contributed by atoms with Crippen molar-refractivity contribution in [3.8, 4) is 0 Å². The summed E-state index contributed by atoms with van der Waals surface area (Å²) >= 11 is 0. The van der Waals surface area contributed by atoms with Gasteiger partial charge in [-0.15, -0.1) is 0 Å². The Kier molecular flexibility index (Phi) is 6.05. The van der Waals surface area contributed by atoms with Gasteiger partial charge in [-0.25, -0.2) is 0 Å². The molecule has 14 heavy (non-hydrogen) atoms. The van der Waals surface area contributed by atoms with Gasteiger partial charge in [-0.2, -0.15) is 0 Å². The monoisotopic (exact) mass is 204 g/mol. The number of β-amino-alcohol motifs (C(OH)–C–C–N with tert-alkyl or cyclic N) is 1. The van der Waals surface area contributed by atoms with Gasteiger partial charge in [0.05, 0.1) is 25.9 Å². The van der Waals surface area contributed by atoms with Crippen LogP contribution in [0.2, 0.25) is 0 Å². The van der Waals surface area contributed by atoms with Crippen LogP contribution in [0.4, 0.5) is 0 Å². The van der Waals surface area contributed by atoms with E-state index in [4.69, 9.17) is 9.84 Å². The summed E-state index contributed by atoms with van der Waals surface area (Å²) in [5.41, 5.74) is 0. The lowest BCUT2D eigenvalue weighted by Gasteiger charge is -2.28. The molecule has 1 rings (SSSR count). The molecule has 0 saturated carbocycles. The smallest absolute Gasteiger partial charge is 0.0791 e. The van der Waals surface area contributed by atoms with Crippen molar-refractivity contribution in [1.82, 2.24) is 10.2 Å². The molecule has 1 fully saturated rings. The molecule has 0 amide bonds. The van der Waals surface area contributed by atoms with Crippen LogP contribution < -0.4 is 5.32 Å².